The van der Waals surface area contributed by atoms with Crippen LogP contribution in [0.2, 0.25) is 0 Å². The summed E-state index contributed by atoms with van der Waals surface area (Å²) >= 11 is 0. The van der Waals surface area contributed by atoms with Crippen molar-refractivity contribution in [2.45, 2.75) is 13.5 Å². The van der Waals surface area contributed by atoms with Crippen LogP contribution in [-0.4, -0.2) is 12.5 Å². The minimum atomic E-state index is -0.427. The Kier molecular flexibility index (Phi) is 4.71. The molecule has 0 aliphatic rings. The smallest absolute Gasteiger partial charge is 0.258 e. The Morgan fingerprint density at radius 1 is 1.15 bits per heavy atom. The average molecular weight is 273 g/mol. The van der Waals surface area contributed by atoms with Crippen LogP contribution in [0.25, 0.3) is 0 Å². The number of amides is 1. The third-order valence-corrected chi connectivity index (χ3v) is 2.85. The molecule has 0 radical (unpaired) electrons. The van der Waals surface area contributed by atoms with Gasteiger partial charge in [0.05, 0.1) is 0 Å². The SMILES string of the molecule is Cc1cccc(OCC(=O)NCc2ccccc2)c1F. The van der Waals surface area contributed by atoms with Crippen molar-refractivity contribution in [3.05, 3.63) is 65.5 Å². The Morgan fingerprint density at radius 2 is 1.90 bits per heavy atom. The summed E-state index contributed by atoms with van der Waals surface area (Å²) in [6, 6.07) is 14.4. The second-order valence-corrected chi connectivity index (χ2v) is 4.44. The van der Waals surface area contributed by atoms with E-state index in [0.29, 0.717) is 12.1 Å². The van der Waals surface area contributed by atoms with Crippen LogP contribution in [0, 0.1) is 12.7 Å². The molecular weight excluding hydrogens is 257 g/mol. The van der Waals surface area contributed by atoms with E-state index in [-0.39, 0.29) is 18.3 Å². The number of ether oxygens (including phenoxy) is 1. The van der Waals surface area contributed by atoms with Crippen LogP contribution in [-0.2, 0) is 11.3 Å². The largest absolute Gasteiger partial charge is 0.481 e. The predicted octanol–water partition coefficient (Wildman–Crippen LogP) is 2.83. The van der Waals surface area contributed by atoms with Gasteiger partial charge in [-0.05, 0) is 24.1 Å². The van der Waals surface area contributed by atoms with Gasteiger partial charge in [-0.2, -0.15) is 0 Å². The van der Waals surface area contributed by atoms with Gasteiger partial charge in [-0.25, -0.2) is 4.39 Å². The van der Waals surface area contributed by atoms with E-state index in [0.717, 1.165) is 5.56 Å². The molecule has 0 fully saturated rings. The maximum Gasteiger partial charge on any atom is 0.258 e. The molecule has 0 aliphatic carbocycles. The van der Waals surface area contributed by atoms with E-state index in [1.165, 1.54) is 6.07 Å². The summed E-state index contributed by atoms with van der Waals surface area (Å²) in [7, 11) is 0. The van der Waals surface area contributed by atoms with Gasteiger partial charge in [0, 0.05) is 6.54 Å². The second kappa shape index (κ2) is 6.70. The van der Waals surface area contributed by atoms with Crippen molar-refractivity contribution in [3.8, 4) is 5.75 Å². The van der Waals surface area contributed by atoms with Gasteiger partial charge in [0.2, 0.25) is 0 Å². The lowest BCUT2D eigenvalue weighted by Gasteiger charge is -2.09. The minimum Gasteiger partial charge on any atom is -0.481 e. The molecule has 0 saturated carbocycles. The predicted molar refractivity (Wildman–Crippen MR) is 74.9 cm³/mol. The van der Waals surface area contributed by atoms with Crippen molar-refractivity contribution in [3.63, 3.8) is 0 Å². The first-order chi connectivity index (χ1) is 9.66. The standard InChI is InChI=1S/C16H16FNO2/c1-12-6-5-9-14(16(12)17)20-11-15(19)18-10-13-7-3-2-4-8-13/h2-9H,10-11H2,1H3,(H,18,19). The van der Waals surface area contributed by atoms with Crippen LogP contribution < -0.4 is 10.1 Å². The molecular formula is C16H16FNO2. The van der Waals surface area contributed by atoms with Crippen LogP contribution in [0.5, 0.6) is 5.75 Å². The highest BCUT2D eigenvalue weighted by Crippen LogP contribution is 2.19. The zero-order valence-electron chi connectivity index (χ0n) is 11.2. The van der Waals surface area contributed by atoms with E-state index in [9.17, 15) is 9.18 Å². The zero-order valence-corrected chi connectivity index (χ0v) is 11.2. The summed E-state index contributed by atoms with van der Waals surface area (Å²) in [6.45, 7) is 1.88. The summed E-state index contributed by atoms with van der Waals surface area (Å²) in [5.41, 5.74) is 1.50. The van der Waals surface area contributed by atoms with Crippen LogP contribution >= 0.6 is 0 Å². The second-order valence-electron chi connectivity index (χ2n) is 4.44. The molecule has 0 spiro atoms. The van der Waals surface area contributed by atoms with Crippen LogP contribution in [0.4, 0.5) is 4.39 Å². The van der Waals surface area contributed by atoms with E-state index in [1.807, 2.05) is 30.3 Å². The molecule has 3 nitrogen and oxygen atoms in total. The molecule has 2 aromatic carbocycles. The fourth-order valence-corrected chi connectivity index (χ4v) is 1.72. The highest BCUT2D eigenvalue weighted by atomic mass is 19.1. The van der Waals surface area contributed by atoms with Gasteiger partial charge in [-0.3, -0.25) is 4.79 Å². The molecule has 20 heavy (non-hydrogen) atoms. The lowest BCUT2D eigenvalue weighted by atomic mass is 10.2. The maximum atomic E-state index is 13.6. The summed E-state index contributed by atoms with van der Waals surface area (Å²) in [5.74, 6) is -0.613. The van der Waals surface area contributed by atoms with Gasteiger partial charge in [-0.1, -0.05) is 42.5 Å². The van der Waals surface area contributed by atoms with Crippen molar-refractivity contribution in [1.82, 2.24) is 5.32 Å². The van der Waals surface area contributed by atoms with Gasteiger partial charge in [0.15, 0.2) is 18.2 Å². The zero-order chi connectivity index (χ0) is 14.4. The number of rotatable bonds is 5. The van der Waals surface area contributed by atoms with Gasteiger partial charge in [0.1, 0.15) is 0 Å². The van der Waals surface area contributed by atoms with E-state index in [2.05, 4.69) is 5.32 Å². The topological polar surface area (TPSA) is 38.3 Å². The number of carbonyl (C=O) groups excluding carboxylic acids is 1. The Morgan fingerprint density at radius 3 is 2.65 bits per heavy atom. The number of carbonyl (C=O) groups is 1. The van der Waals surface area contributed by atoms with E-state index in [4.69, 9.17) is 4.74 Å². The highest BCUT2D eigenvalue weighted by molar-refractivity contribution is 5.77. The quantitative estimate of drug-likeness (QED) is 0.909. The van der Waals surface area contributed by atoms with Crippen molar-refractivity contribution >= 4 is 5.91 Å². The van der Waals surface area contributed by atoms with E-state index in [1.54, 1.807) is 19.1 Å². The van der Waals surface area contributed by atoms with Crippen LogP contribution in [0.3, 0.4) is 0 Å². The first-order valence-corrected chi connectivity index (χ1v) is 6.35. The monoisotopic (exact) mass is 273 g/mol. The van der Waals surface area contributed by atoms with E-state index < -0.39 is 5.82 Å². The van der Waals surface area contributed by atoms with Crippen molar-refractivity contribution < 1.29 is 13.9 Å². The van der Waals surface area contributed by atoms with Crippen LogP contribution in [0.15, 0.2) is 48.5 Å². The van der Waals surface area contributed by atoms with Crippen LogP contribution in [0.1, 0.15) is 11.1 Å². The third-order valence-electron chi connectivity index (χ3n) is 2.85. The molecule has 0 saturated heterocycles. The molecule has 1 N–H and O–H groups in total. The number of halogens is 1. The first kappa shape index (κ1) is 14.1. The lowest BCUT2D eigenvalue weighted by Crippen LogP contribution is -2.28. The first-order valence-electron chi connectivity index (χ1n) is 6.35. The molecule has 1 amide bonds. The third kappa shape index (κ3) is 3.82. The number of nitrogens with one attached hydrogen (secondary N) is 1. The Hall–Kier alpha value is -2.36. The number of hydrogen-bond acceptors (Lipinski definition) is 2. The molecule has 2 rings (SSSR count). The summed E-state index contributed by atoms with van der Waals surface area (Å²) in [4.78, 5) is 11.6. The Labute approximate surface area is 117 Å². The van der Waals surface area contributed by atoms with Crippen molar-refractivity contribution in [1.29, 1.82) is 0 Å². The fraction of sp³-hybridized carbons (Fsp3) is 0.188. The summed E-state index contributed by atoms with van der Waals surface area (Å²) in [5, 5.41) is 2.72. The molecule has 2 aromatic rings. The fourth-order valence-electron chi connectivity index (χ4n) is 1.72. The summed E-state index contributed by atoms with van der Waals surface area (Å²) < 4.78 is 18.8. The lowest BCUT2D eigenvalue weighted by molar-refractivity contribution is -0.123. The Bertz CT molecular complexity index is 584. The normalized spacial score (nSPS) is 10.1. The number of aryl methyl sites for hydroxylation is 1. The number of benzene rings is 2. The van der Waals surface area contributed by atoms with Gasteiger partial charge < -0.3 is 10.1 Å². The molecule has 0 atom stereocenters. The summed E-state index contributed by atoms with van der Waals surface area (Å²) in [6.07, 6.45) is 0. The number of hydrogen-bond donors (Lipinski definition) is 1. The highest BCUT2D eigenvalue weighted by Gasteiger charge is 2.08. The molecule has 0 aromatic heterocycles. The van der Waals surface area contributed by atoms with Gasteiger partial charge in [-0.15, -0.1) is 0 Å². The van der Waals surface area contributed by atoms with E-state index >= 15 is 0 Å². The molecule has 0 bridgehead atoms. The van der Waals surface area contributed by atoms with Gasteiger partial charge in [0.25, 0.3) is 5.91 Å². The maximum absolute atomic E-state index is 13.6. The molecule has 0 heterocycles. The Balaban J connectivity index is 1.82. The molecule has 104 valence electrons. The molecule has 4 heteroatoms. The average Bonchev–Trinajstić information content (AvgIpc) is 2.48. The van der Waals surface area contributed by atoms with Gasteiger partial charge >= 0.3 is 0 Å². The molecule has 0 aliphatic heterocycles. The molecule has 0 unspecified atom stereocenters. The van der Waals surface area contributed by atoms with Crippen molar-refractivity contribution in [2.24, 2.45) is 0 Å². The minimum absolute atomic E-state index is 0.0971. The van der Waals surface area contributed by atoms with Crippen molar-refractivity contribution in [2.75, 3.05) is 6.61 Å².